The van der Waals surface area contributed by atoms with Gasteiger partial charge in [-0.1, -0.05) is 33.6 Å². The van der Waals surface area contributed by atoms with Crippen molar-refractivity contribution in [3.05, 3.63) is 0 Å². The van der Waals surface area contributed by atoms with Crippen molar-refractivity contribution in [3.8, 4) is 0 Å². The van der Waals surface area contributed by atoms with E-state index in [0.29, 0.717) is 5.96 Å². The van der Waals surface area contributed by atoms with Gasteiger partial charge in [-0.05, 0) is 19.3 Å². The van der Waals surface area contributed by atoms with Gasteiger partial charge in [0.25, 0.3) is 5.91 Å². The summed E-state index contributed by atoms with van der Waals surface area (Å²) in [5.41, 5.74) is -0.414. The molecule has 1 fully saturated rings. The normalized spacial score (nSPS) is 26.9. The molecule has 0 aromatic carbocycles. The predicted molar refractivity (Wildman–Crippen MR) is 66.4 cm³/mol. The largest absolute Gasteiger partial charge is 0.342 e. The molecule has 1 rings (SSSR count). The van der Waals surface area contributed by atoms with Gasteiger partial charge >= 0.3 is 0 Å². The van der Waals surface area contributed by atoms with Crippen molar-refractivity contribution in [2.45, 2.75) is 58.4 Å². The summed E-state index contributed by atoms with van der Waals surface area (Å²) in [6.07, 6.45) is 4.86. The van der Waals surface area contributed by atoms with Crippen LogP contribution in [0, 0.1) is 0 Å². The summed E-state index contributed by atoms with van der Waals surface area (Å²) in [5, 5.41) is 6.10. The number of unbranched alkanes of at least 4 members (excludes halogenated alkanes) is 1. The molecule has 1 amide bonds. The molecule has 0 bridgehead atoms. The first kappa shape index (κ1) is 13.0. The molecule has 0 radical (unpaired) electrons. The maximum atomic E-state index is 12.0. The Hall–Kier alpha value is -1.06. The van der Waals surface area contributed by atoms with Gasteiger partial charge in [-0.2, -0.15) is 0 Å². The fourth-order valence-electron chi connectivity index (χ4n) is 1.92. The zero-order valence-electron chi connectivity index (χ0n) is 10.6. The highest BCUT2D eigenvalue weighted by Crippen LogP contribution is 2.22. The van der Waals surface area contributed by atoms with Crippen LogP contribution < -0.4 is 10.6 Å². The molecule has 0 spiro atoms. The highest BCUT2D eigenvalue weighted by molar-refractivity contribution is 6.08. The Bertz CT molecular complexity index is 275. The van der Waals surface area contributed by atoms with Gasteiger partial charge < -0.3 is 5.32 Å². The van der Waals surface area contributed by atoms with E-state index in [-0.39, 0.29) is 5.91 Å². The number of carbonyl (C=O) groups excluding carboxylic acids is 1. The lowest BCUT2D eigenvalue weighted by Gasteiger charge is -2.24. The van der Waals surface area contributed by atoms with E-state index >= 15 is 0 Å². The molecule has 1 aliphatic heterocycles. The number of rotatable bonds is 6. The third-order valence-electron chi connectivity index (χ3n) is 3.08. The number of guanidine groups is 1. The monoisotopic (exact) mass is 225 g/mol. The van der Waals surface area contributed by atoms with Gasteiger partial charge in [-0.25, -0.2) is 0 Å². The van der Waals surface area contributed by atoms with Gasteiger partial charge in [0.15, 0.2) is 5.96 Å². The average molecular weight is 225 g/mol. The Morgan fingerprint density at radius 2 is 2.00 bits per heavy atom. The van der Waals surface area contributed by atoms with Gasteiger partial charge in [-0.3, -0.25) is 15.1 Å². The van der Waals surface area contributed by atoms with E-state index in [4.69, 9.17) is 0 Å². The number of carbonyl (C=O) groups is 1. The second kappa shape index (κ2) is 5.87. The molecule has 1 atom stereocenters. The van der Waals surface area contributed by atoms with Gasteiger partial charge in [0.1, 0.15) is 5.54 Å². The van der Waals surface area contributed by atoms with E-state index in [1.807, 2.05) is 6.92 Å². The molecule has 0 saturated carbocycles. The number of nitrogens with zero attached hydrogens (tertiary/aromatic N) is 1. The van der Waals surface area contributed by atoms with Crippen molar-refractivity contribution in [1.29, 1.82) is 0 Å². The highest BCUT2D eigenvalue weighted by atomic mass is 16.2. The summed E-state index contributed by atoms with van der Waals surface area (Å²) in [6.45, 7) is 7.02. The van der Waals surface area contributed by atoms with Crippen LogP contribution in [0.4, 0.5) is 0 Å². The number of aliphatic imine (C=N–C) groups is 1. The molecule has 4 nitrogen and oxygen atoms in total. The number of hydrogen-bond acceptors (Lipinski definition) is 2. The Morgan fingerprint density at radius 3 is 2.56 bits per heavy atom. The fourth-order valence-corrected chi connectivity index (χ4v) is 1.92. The van der Waals surface area contributed by atoms with Crippen molar-refractivity contribution in [3.63, 3.8) is 0 Å². The molecule has 16 heavy (non-hydrogen) atoms. The average Bonchev–Trinajstić information content (AvgIpc) is 2.61. The molecule has 92 valence electrons. The van der Waals surface area contributed by atoms with Crippen LogP contribution in [0.5, 0.6) is 0 Å². The van der Waals surface area contributed by atoms with E-state index in [9.17, 15) is 4.79 Å². The number of hydrogen-bond donors (Lipinski definition) is 2. The maximum Gasteiger partial charge on any atom is 0.252 e. The SMILES string of the molecule is CCCCC1(CC)NC(=NCCC)NC1=O. The molecule has 2 N–H and O–H groups in total. The zero-order valence-corrected chi connectivity index (χ0v) is 10.6. The van der Waals surface area contributed by atoms with Crippen molar-refractivity contribution in [2.75, 3.05) is 6.54 Å². The van der Waals surface area contributed by atoms with Gasteiger partial charge in [0.2, 0.25) is 0 Å². The topological polar surface area (TPSA) is 53.5 Å². The van der Waals surface area contributed by atoms with E-state index < -0.39 is 5.54 Å². The maximum absolute atomic E-state index is 12.0. The van der Waals surface area contributed by atoms with Gasteiger partial charge in [0, 0.05) is 6.54 Å². The van der Waals surface area contributed by atoms with E-state index in [0.717, 1.165) is 38.6 Å². The van der Waals surface area contributed by atoms with E-state index in [2.05, 4.69) is 29.5 Å². The Morgan fingerprint density at radius 1 is 1.25 bits per heavy atom. The lowest BCUT2D eigenvalue weighted by atomic mass is 9.90. The zero-order chi connectivity index (χ0) is 12.0. The molecular formula is C12H23N3O. The predicted octanol–water partition coefficient (Wildman–Crippen LogP) is 1.81. The summed E-state index contributed by atoms with van der Waals surface area (Å²) < 4.78 is 0. The summed E-state index contributed by atoms with van der Waals surface area (Å²) in [6, 6.07) is 0. The van der Waals surface area contributed by atoms with Crippen molar-refractivity contribution in [1.82, 2.24) is 10.6 Å². The van der Waals surface area contributed by atoms with Crippen molar-refractivity contribution >= 4 is 11.9 Å². The summed E-state index contributed by atoms with van der Waals surface area (Å²) >= 11 is 0. The Kier molecular flexibility index (Phi) is 4.77. The van der Waals surface area contributed by atoms with Crippen LogP contribution in [0.2, 0.25) is 0 Å². The third-order valence-corrected chi connectivity index (χ3v) is 3.08. The minimum atomic E-state index is -0.414. The fraction of sp³-hybridized carbons (Fsp3) is 0.833. The standard InChI is InChI=1S/C12H23N3O/c1-4-7-8-12(6-3)10(16)14-11(15-12)13-9-5-2/h4-9H2,1-3H3,(H2,13,14,15,16). The van der Waals surface area contributed by atoms with E-state index in [1.54, 1.807) is 0 Å². The number of amides is 1. The summed E-state index contributed by atoms with van der Waals surface area (Å²) in [4.78, 5) is 16.3. The second-order valence-electron chi connectivity index (χ2n) is 4.35. The van der Waals surface area contributed by atoms with Crippen LogP contribution in [-0.2, 0) is 4.79 Å². The molecule has 0 aromatic rings. The van der Waals surface area contributed by atoms with Crippen molar-refractivity contribution in [2.24, 2.45) is 4.99 Å². The number of nitrogens with one attached hydrogen (secondary N) is 2. The molecule has 1 saturated heterocycles. The molecule has 1 aliphatic rings. The van der Waals surface area contributed by atoms with Gasteiger partial charge in [-0.15, -0.1) is 0 Å². The lowest BCUT2D eigenvalue weighted by Crippen LogP contribution is -2.46. The van der Waals surface area contributed by atoms with E-state index in [1.165, 1.54) is 0 Å². The van der Waals surface area contributed by atoms with Crippen LogP contribution in [0.25, 0.3) is 0 Å². The van der Waals surface area contributed by atoms with Crippen LogP contribution >= 0.6 is 0 Å². The van der Waals surface area contributed by atoms with Gasteiger partial charge in [0.05, 0.1) is 0 Å². The minimum Gasteiger partial charge on any atom is -0.342 e. The summed E-state index contributed by atoms with van der Waals surface area (Å²) in [5.74, 6) is 0.739. The first-order valence-electron chi connectivity index (χ1n) is 6.32. The Labute approximate surface area is 97.9 Å². The van der Waals surface area contributed by atoms with Crippen LogP contribution in [0.15, 0.2) is 4.99 Å². The highest BCUT2D eigenvalue weighted by Gasteiger charge is 2.42. The lowest BCUT2D eigenvalue weighted by molar-refractivity contribution is -0.124. The van der Waals surface area contributed by atoms with Crippen LogP contribution in [0.3, 0.4) is 0 Å². The van der Waals surface area contributed by atoms with Crippen molar-refractivity contribution < 1.29 is 4.79 Å². The minimum absolute atomic E-state index is 0.0818. The van der Waals surface area contributed by atoms with Crippen LogP contribution in [0.1, 0.15) is 52.9 Å². The first-order valence-corrected chi connectivity index (χ1v) is 6.32. The Balaban J connectivity index is 2.68. The molecular weight excluding hydrogens is 202 g/mol. The molecule has 1 unspecified atom stereocenters. The third kappa shape index (κ3) is 2.74. The molecule has 0 aliphatic carbocycles. The second-order valence-corrected chi connectivity index (χ2v) is 4.35. The molecule has 0 aromatic heterocycles. The molecule has 4 heteroatoms. The quantitative estimate of drug-likeness (QED) is 0.724. The first-order chi connectivity index (χ1) is 7.68. The smallest absolute Gasteiger partial charge is 0.252 e. The summed E-state index contributed by atoms with van der Waals surface area (Å²) in [7, 11) is 0. The molecule has 1 heterocycles. The van der Waals surface area contributed by atoms with Crippen LogP contribution in [-0.4, -0.2) is 24.0 Å².